The normalized spacial score (nSPS) is 10.8. The van der Waals surface area contributed by atoms with Crippen LogP contribution in [0.4, 0.5) is 0 Å². The quantitative estimate of drug-likeness (QED) is 0.326. The number of nitrogens with zero attached hydrogens (tertiary/aromatic N) is 1. The van der Waals surface area contributed by atoms with Crippen LogP contribution in [-0.4, -0.2) is 32.7 Å². The van der Waals surface area contributed by atoms with Gasteiger partial charge in [0.25, 0.3) is 5.09 Å². The van der Waals surface area contributed by atoms with Gasteiger partial charge < -0.3 is 9.57 Å². The van der Waals surface area contributed by atoms with Crippen LogP contribution in [0.3, 0.4) is 0 Å². The molecule has 9 nitrogen and oxygen atoms in total. The fourth-order valence-corrected chi connectivity index (χ4v) is 1.74. The number of ether oxygens (including phenoxy) is 1. The second-order valence-electron chi connectivity index (χ2n) is 3.62. The number of hydrogen-bond donors (Lipinski definition) is 1. The lowest BCUT2D eigenvalue weighted by Gasteiger charge is -2.05. The van der Waals surface area contributed by atoms with Gasteiger partial charge in [0.05, 0.1) is 23.7 Å². The van der Waals surface area contributed by atoms with Crippen LogP contribution in [0.1, 0.15) is 16.8 Å². The number of hydrogen-bond acceptors (Lipinski definition) is 7. The second-order valence-corrected chi connectivity index (χ2v) is 5.18. The number of sulfonamides is 1. The highest BCUT2D eigenvalue weighted by atomic mass is 32.2. The minimum absolute atomic E-state index is 0.0520. The highest BCUT2D eigenvalue weighted by Crippen LogP contribution is 2.09. The minimum atomic E-state index is -3.81. The standard InChI is InChI=1S/C10H12N2O7S/c11-20(16,17)9-4-2-8(3-5-9)10(13)18-6-1-7-19-12(14)15/h2-5H,1,6-7H2,(H2,11,16,17). The average Bonchev–Trinajstić information content (AvgIpc) is 2.37. The molecule has 0 aliphatic heterocycles. The Morgan fingerprint density at radius 3 is 2.35 bits per heavy atom. The molecular weight excluding hydrogens is 292 g/mol. The molecule has 0 atom stereocenters. The second kappa shape index (κ2) is 6.82. The van der Waals surface area contributed by atoms with Crippen molar-refractivity contribution in [2.45, 2.75) is 11.3 Å². The molecule has 10 heteroatoms. The minimum Gasteiger partial charge on any atom is -0.462 e. The van der Waals surface area contributed by atoms with E-state index < -0.39 is 21.1 Å². The van der Waals surface area contributed by atoms with Gasteiger partial charge in [-0.1, -0.05) is 0 Å². The maximum absolute atomic E-state index is 11.5. The van der Waals surface area contributed by atoms with Crippen molar-refractivity contribution in [1.29, 1.82) is 0 Å². The highest BCUT2D eigenvalue weighted by molar-refractivity contribution is 7.89. The zero-order valence-electron chi connectivity index (χ0n) is 10.2. The fourth-order valence-electron chi connectivity index (χ4n) is 1.23. The van der Waals surface area contributed by atoms with Crippen molar-refractivity contribution in [2.24, 2.45) is 5.14 Å². The Morgan fingerprint density at radius 1 is 1.25 bits per heavy atom. The number of esters is 1. The molecule has 0 aliphatic carbocycles. The average molecular weight is 304 g/mol. The van der Waals surface area contributed by atoms with Gasteiger partial charge in [-0.2, -0.15) is 0 Å². The molecule has 0 heterocycles. The van der Waals surface area contributed by atoms with Crippen molar-refractivity contribution in [1.82, 2.24) is 0 Å². The summed E-state index contributed by atoms with van der Waals surface area (Å²) in [5.41, 5.74) is 0.146. The summed E-state index contributed by atoms with van der Waals surface area (Å²) < 4.78 is 26.8. The van der Waals surface area contributed by atoms with Crippen LogP contribution in [-0.2, 0) is 19.6 Å². The Bertz CT molecular complexity index is 582. The Kier molecular flexibility index (Phi) is 5.41. The molecule has 0 aromatic heterocycles. The molecule has 0 saturated carbocycles. The summed E-state index contributed by atoms with van der Waals surface area (Å²) in [6.45, 7) is -0.228. The SMILES string of the molecule is NS(=O)(=O)c1ccc(C(=O)OCCCO[N+](=O)[O-])cc1. The van der Waals surface area contributed by atoms with Crippen LogP contribution in [0, 0.1) is 10.1 Å². The van der Waals surface area contributed by atoms with Gasteiger partial charge >= 0.3 is 5.97 Å². The monoisotopic (exact) mass is 304 g/mol. The smallest absolute Gasteiger partial charge is 0.338 e. The van der Waals surface area contributed by atoms with E-state index >= 15 is 0 Å². The third-order valence-corrected chi connectivity index (χ3v) is 3.07. The van der Waals surface area contributed by atoms with Gasteiger partial charge in [-0.15, -0.1) is 10.1 Å². The molecule has 2 N–H and O–H groups in total. The zero-order valence-corrected chi connectivity index (χ0v) is 11.0. The molecule has 20 heavy (non-hydrogen) atoms. The summed E-state index contributed by atoms with van der Waals surface area (Å²) in [7, 11) is -3.81. The molecule has 110 valence electrons. The molecule has 0 saturated heterocycles. The number of rotatable bonds is 7. The molecule has 0 fully saturated rings. The first-order valence-electron chi connectivity index (χ1n) is 5.38. The Morgan fingerprint density at radius 2 is 1.85 bits per heavy atom. The van der Waals surface area contributed by atoms with Crippen molar-refractivity contribution in [3.8, 4) is 0 Å². The Balaban J connectivity index is 2.46. The fraction of sp³-hybridized carbons (Fsp3) is 0.300. The molecule has 0 radical (unpaired) electrons. The Hall–Kier alpha value is -2.20. The van der Waals surface area contributed by atoms with E-state index in [1.807, 2.05) is 0 Å². The first-order chi connectivity index (χ1) is 9.30. The summed E-state index contributed by atoms with van der Waals surface area (Å²) in [6, 6.07) is 4.88. The van der Waals surface area contributed by atoms with Crippen molar-refractivity contribution in [3.63, 3.8) is 0 Å². The van der Waals surface area contributed by atoms with E-state index in [1.54, 1.807) is 0 Å². The predicted molar refractivity (Wildman–Crippen MR) is 65.7 cm³/mol. The van der Waals surface area contributed by atoms with Crippen molar-refractivity contribution in [3.05, 3.63) is 39.9 Å². The lowest BCUT2D eigenvalue weighted by molar-refractivity contribution is -0.757. The van der Waals surface area contributed by atoms with Crippen LogP contribution in [0.15, 0.2) is 29.2 Å². The predicted octanol–water partition coefficient (Wildman–Crippen LogP) is 0.0892. The van der Waals surface area contributed by atoms with E-state index in [1.165, 1.54) is 24.3 Å². The first kappa shape index (κ1) is 15.9. The van der Waals surface area contributed by atoms with Gasteiger partial charge in [0.15, 0.2) is 0 Å². The Labute approximate surface area is 114 Å². The van der Waals surface area contributed by atoms with Crippen LogP contribution in [0.5, 0.6) is 0 Å². The van der Waals surface area contributed by atoms with Gasteiger partial charge in [0.1, 0.15) is 0 Å². The van der Waals surface area contributed by atoms with Crippen molar-refractivity contribution in [2.75, 3.05) is 13.2 Å². The lowest BCUT2D eigenvalue weighted by Crippen LogP contribution is -2.13. The molecule has 0 unspecified atom stereocenters. The molecule has 0 spiro atoms. The molecule has 0 amide bonds. The third-order valence-electron chi connectivity index (χ3n) is 2.14. The van der Waals surface area contributed by atoms with Gasteiger partial charge in [-0.25, -0.2) is 18.4 Å². The van der Waals surface area contributed by atoms with Crippen LogP contribution in [0.25, 0.3) is 0 Å². The number of carbonyl (C=O) groups excluding carboxylic acids is 1. The number of primary sulfonamides is 1. The first-order valence-corrected chi connectivity index (χ1v) is 6.92. The van der Waals surface area contributed by atoms with Crippen molar-refractivity contribution < 1.29 is 27.9 Å². The van der Waals surface area contributed by atoms with Crippen LogP contribution < -0.4 is 5.14 Å². The topological polar surface area (TPSA) is 139 Å². The van der Waals surface area contributed by atoms with E-state index in [2.05, 4.69) is 4.84 Å². The maximum atomic E-state index is 11.5. The van der Waals surface area contributed by atoms with Crippen molar-refractivity contribution >= 4 is 16.0 Å². The highest BCUT2D eigenvalue weighted by Gasteiger charge is 2.11. The number of nitrogens with two attached hydrogens (primary N) is 1. The molecule has 0 aliphatic rings. The van der Waals surface area contributed by atoms with Gasteiger partial charge in [-0.3, -0.25) is 0 Å². The van der Waals surface area contributed by atoms with E-state index in [0.29, 0.717) is 0 Å². The van der Waals surface area contributed by atoms with E-state index in [-0.39, 0.29) is 30.1 Å². The summed E-state index contributed by atoms with van der Waals surface area (Å²) in [6.07, 6.45) is 0.169. The molecule has 0 bridgehead atoms. The zero-order chi connectivity index (χ0) is 15.2. The summed E-state index contributed by atoms with van der Waals surface area (Å²) in [5.74, 6) is -0.674. The molecule has 1 rings (SSSR count). The molecular formula is C10H12N2O7S. The van der Waals surface area contributed by atoms with E-state index in [4.69, 9.17) is 9.88 Å². The number of benzene rings is 1. The maximum Gasteiger partial charge on any atom is 0.338 e. The van der Waals surface area contributed by atoms with Crippen LogP contribution in [0.2, 0.25) is 0 Å². The van der Waals surface area contributed by atoms with E-state index in [9.17, 15) is 23.3 Å². The van der Waals surface area contributed by atoms with Gasteiger partial charge in [0.2, 0.25) is 10.0 Å². The van der Waals surface area contributed by atoms with E-state index in [0.717, 1.165) is 0 Å². The largest absolute Gasteiger partial charge is 0.462 e. The summed E-state index contributed by atoms with van der Waals surface area (Å²) >= 11 is 0. The number of carbonyl (C=O) groups is 1. The summed E-state index contributed by atoms with van der Waals surface area (Å²) in [5, 5.41) is 13.8. The van der Waals surface area contributed by atoms with Gasteiger partial charge in [0, 0.05) is 6.42 Å². The molecule has 1 aromatic carbocycles. The van der Waals surface area contributed by atoms with Crippen LogP contribution >= 0.6 is 0 Å². The van der Waals surface area contributed by atoms with Gasteiger partial charge in [-0.05, 0) is 24.3 Å². The molecule has 1 aromatic rings. The third kappa shape index (κ3) is 5.20. The lowest BCUT2D eigenvalue weighted by atomic mass is 10.2. The summed E-state index contributed by atoms with van der Waals surface area (Å²) in [4.78, 5) is 25.3.